The molecule has 1 aliphatic heterocycles. The molecule has 0 radical (unpaired) electrons. The van der Waals surface area contributed by atoms with Gasteiger partial charge in [0.25, 0.3) is 0 Å². The van der Waals surface area contributed by atoms with Gasteiger partial charge < -0.3 is 19.4 Å². The molecule has 7 nitrogen and oxygen atoms in total. The first-order valence-corrected chi connectivity index (χ1v) is 12.6. The first-order valence-electron chi connectivity index (χ1n) is 12.3. The monoisotopic (exact) mass is 506 g/mol. The van der Waals surface area contributed by atoms with Crippen LogP contribution in [0.1, 0.15) is 22.4 Å². The number of hydrogen-bond donors (Lipinski definition) is 1. The number of carbonyl (C=O) groups is 1. The molecular formula is C28H31ClN4O3. The van der Waals surface area contributed by atoms with Crippen LogP contribution in [0.25, 0.3) is 16.3 Å². The fourth-order valence-corrected chi connectivity index (χ4v) is 5.04. The lowest BCUT2D eigenvalue weighted by atomic mass is 10.0. The maximum Gasteiger partial charge on any atom is 0.224 e. The Morgan fingerprint density at radius 1 is 1.08 bits per heavy atom. The molecule has 36 heavy (non-hydrogen) atoms. The molecule has 0 saturated carbocycles. The SMILES string of the molecule is CN(C)Cc1cc2cc(CN3CCOCC3)cc3c(=O)c(CC(=O)NCc4ccc(Cl)cc4)cn1c23. The van der Waals surface area contributed by atoms with E-state index in [9.17, 15) is 9.59 Å². The summed E-state index contributed by atoms with van der Waals surface area (Å²) in [6.07, 6.45) is 1.88. The van der Waals surface area contributed by atoms with Gasteiger partial charge in [-0.2, -0.15) is 0 Å². The second kappa shape index (κ2) is 10.6. The van der Waals surface area contributed by atoms with E-state index in [1.54, 1.807) is 12.1 Å². The number of hydrogen-bond acceptors (Lipinski definition) is 5. The van der Waals surface area contributed by atoms with Crippen LogP contribution in [0.4, 0.5) is 0 Å². The molecule has 0 unspecified atom stereocenters. The molecule has 3 heterocycles. The molecule has 1 fully saturated rings. The molecule has 2 aromatic heterocycles. The maximum absolute atomic E-state index is 13.6. The smallest absolute Gasteiger partial charge is 0.224 e. The lowest BCUT2D eigenvalue weighted by Crippen LogP contribution is -2.35. The third kappa shape index (κ3) is 5.39. The van der Waals surface area contributed by atoms with Crippen LogP contribution in [-0.2, 0) is 35.6 Å². The van der Waals surface area contributed by atoms with Crippen molar-refractivity contribution in [3.63, 3.8) is 0 Å². The van der Waals surface area contributed by atoms with Crippen LogP contribution in [-0.4, -0.2) is 60.5 Å². The van der Waals surface area contributed by atoms with E-state index in [4.69, 9.17) is 16.3 Å². The van der Waals surface area contributed by atoms with Gasteiger partial charge in [-0.3, -0.25) is 14.5 Å². The molecule has 0 aliphatic carbocycles. The Kier molecular flexibility index (Phi) is 7.25. The van der Waals surface area contributed by atoms with Crippen molar-refractivity contribution in [2.24, 2.45) is 0 Å². The summed E-state index contributed by atoms with van der Waals surface area (Å²) in [6, 6.07) is 13.7. The van der Waals surface area contributed by atoms with Gasteiger partial charge >= 0.3 is 0 Å². The molecule has 0 atom stereocenters. The van der Waals surface area contributed by atoms with Crippen molar-refractivity contribution in [1.82, 2.24) is 19.5 Å². The largest absolute Gasteiger partial charge is 0.379 e. The van der Waals surface area contributed by atoms with Gasteiger partial charge in [0.1, 0.15) is 0 Å². The molecule has 0 bridgehead atoms. The highest BCUT2D eigenvalue weighted by Gasteiger charge is 2.19. The van der Waals surface area contributed by atoms with Crippen molar-refractivity contribution >= 4 is 33.8 Å². The van der Waals surface area contributed by atoms with Gasteiger partial charge in [0, 0.05) is 66.0 Å². The summed E-state index contributed by atoms with van der Waals surface area (Å²) >= 11 is 5.95. The van der Waals surface area contributed by atoms with E-state index in [1.165, 1.54) is 0 Å². The number of rotatable bonds is 8. The number of carbonyl (C=O) groups excluding carboxylic acids is 1. The van der Waals surface area contributed by atoms with Gasteiger partial charge in [0.15, 0.2) is 5.43 Å². The minimum atomic E-state index is -0.185. The summed E-state index contributed by atoms with van der Waals surface area (Å²) in [6.45, 7) is 5.12. The average Bonchev–Trinajstić information content (AvgIpc) is 3.18. The Bertz CT molecular complexity index is 1430. The van der Waals surface area contributed by atoms with Gasteiger partial charge in [-0.05, 0) is 55.6 Å². The molecule has 8 heteroatoms. The first-order chi connectivity index (χ1) is 17.4. The Labute approximate surface area is 215 Å². The summed E-state index contributed by atoms with van der Waals surface area (Å²) in [5.41, 5.74) is 4.49. The molecule has 0 spiro atoms. The molecule has 1 saturated heterocycles. The van der Waals surface area contributed by atoms with Crippen LogP contribution in [0.5, 0.6) is 0 Å². The lowest BCUT2D eigenvalue weighted by Gasteiger charge is -2.26. The highest BCUT2D eigenvalue weighted by Crippen LogP contribution is 2.27. The minimum Gasteiger partial charge on any atom is -0.379 e. The highest BCUT2D eigenvalue weighted by molar-refractivity contribution is 6.30. The minimum absolute atomic E-state index is 0.0284. The Balaban J connectivity index is 1.47. The second-order valence-electron chi connectivity index (χ2n) is 9.78. The molecule has 1 amide bonds. The Hall–Kier alpha value is -2.97. The molecule has 5 rings (SSSR count). The topological polar surface area (TPSA) is 66.3 Å². The maximum atomic E-state index is 13.6. The number of nitrogens with zero attached hydrogens (tertiary/aromatic N) is 3. The van der Waals surface area contributed by atoms with E-state index in [-0.39, 0.29) is 17.8 Å². The van der Waals surface area contributed by atoms with Crippen molar-refractivity contribution in [3.05, 3.63) is 86.3 Å². The zero-order chi connectivity index (χ0) is 25.2. The molecule has 188 valence electrons. The number of ether oxygens (including phenoxy) is 1. The van der Waals surface area contributed by atoms with E-state index in [2.05, 4.69) is 31.7 Å². The molecule has 4 aromatic rings. The van der Waals surface area contributed by atoms with E-state index >= 15 is 0 Å². The number of aromatic nitrogens is 1. The normalized spacial score (nSPS) is 14.8. The third-order valence-electron chi connectivity index (χ3n) is 6.63. The van der Waals surface area contributed by atoms with Crippen LogP contribution < -0.4 is 10.7 Å². The van der Waals surface area contributed by atoms with Crippen molar-refractivity contribution in [1.29, 1.82) is 0 Å². The van der Waals surface area contributed by atoms with Crippen LogP contribution >= 0.6 is 11.6 Å². The van der Waals surface area contributed by atoms with Crippen molar-refractivity contribution in [2.45, 2.75) is 26.1 Å². The summed E-state index contributed by atoms with van der Waals surface area (Å²) in [5.74, 6) is -0.185. The van der Waals surface area contributed by atoms with Gasteiger partial charge in [0.05, 0.1) is 25.2 Å². The van der Waals surface area contributed by atoms with Gasteiger partial charge in [0.2, 0.25) is 5.91 Å². The van der Waals surface area contributed by atoms with E-state index in [1.807, 2.05) is 38.5 Å². The predicted molar refractivity (Wildman–Crippen MR) is 143 cm³/mol. The van der Waals surface area contributed by atoms with E-state index in [0.29, 0.717) is 22.5 Å². The molecule has 1 aliphatic rings. The predicted octanol–water partition coefficient (Wildman–Crippen LogP) is 3.30. The van der Waals surface area contributed by atoms with Gasteiger partial charge in [-0.1, -0.05) is 23.7 Å². The van der Waals surface area contributed by atoms with Crippen molar-refractivity contribution in [3.8, 4) is 0 Å². The fourth-order valence-electron chi connectivity index (χ4n) is 4.92. The first kappa shape index (κ1) is 24.7. The van der Waals surface area contributed by atoms with Crippen molar-refractivity contribution < 1.29 is 9.53 Å². The summed E-state index contributed by atoms with van der Waals surface area (Å²) in [7, 11) is 4.05. The third-order valence-corrected chi connectivity index (χ3v) is 6.89. The average molecular weight is 507 g/mol. The van der Waals surface area contributed by atoms with Gasteiger partial charge in [-0.25, -0.2) is 0 Å². The molecular weight excluding hydrogens is 476 g/mol. The summed E-state index contributed by atoms with van der Waals surface area (Å²) in [5, 5.41) is 5.31. The molecule has 2 aromatic carbocycles. The Morgan fingerprint density at radius 2 is 1.83 bits per heavy atom. The zero-order valence-electron chi connectivity index (χ0n) is 20.7. The fraction of sp³-hybridized carbons (Fsp3) is 0.357. The highest BCUT2D eigenvalue weighted by atomic mass is 35.5. The zero-order valence-corrected chi connectivity index (χ0v) is 21.5. The van der Waals surface area contributed by atoms with Crippen LogP contribution in [0.2, 0.25) is 5.02 Å². The number of morpholine rings is 1. The standard InChI is InChI=1S/C28H31ClN4O3/c1-31(2)18-24-13-21-11-20(16-32-7-9-36-10-8-32)12-25-27(21)33(24)17-22(28(25)35)14-26(34)30-15-19-3-5-23(29)6-4-19/h3-6,11-13,17H,7-10,14-16,18H2,1-2H3,(H,30,34). The quantitative estimate of drug-likeness (QED) is 0.397. The van der Waals surface area contributed by atoms with E-state index in [0.717, 1.165) is 67.1 Å². The Morgan fingerprint density at radius 3 is 2.56 bits per heavy atom. The van der Waals surface area contributed by atoms with Crippen LogP contribution in [0.3, 0.4) is 0 Å². The van der Waals surface area contributed by atoms with Crippen LogP contribution in [0.15, 0.2) is 53.5 Å². The number of halogens is 1. The number of amides is 1. The summed E-state index contributed by atoms with van der Waals surface area (Å²) in [4.78, 5) is 30.9. The number of benzene rings is 2. The van der Waals surface area contributed by atoms with Gasteiger partial charge in [-0.15, -0.1) is 0 Å². The van der Waals surface area contributed by atoms with Crippen LogP contribution in [0, 0.1) is 0 Å². The lowest BCUT2D eigenvalue weighted by molar-refractivity contribution is -0.120. The van der Waals surface area contributed by atoms with Crippen molar-refractivity contribution in [2.75, 3.05) is 40.4 Å². The number of pyridine rings is 1. The van der Waals surface area contributed by atoms with E-state index < -0.39 is 0 Å². The number of nitrogens with one attached hydrogen (secondary N) is 1. The second-order valence-corrected chi connectivity index (χ2v) is 10.2. The molecule has 1 N–H and O–H groups in total. The summed E-state index contributed by atoms with van der Waals surface area (Å²) < 4.78 is 7.57.